The number of benzene rings is 1. The van der Waals surface area contributed by atoms with Gasteiger partial charge in [0.05, 0.1) is 5.01 Å². The van der Waals surface area contributed by atoms with Crippen molar-refractivity contribution < 1.29 is 0 Å². The third kappa shape index (κ3) is 7.30. The molecule has 0 fully saturated rings. The molecule has 0 aliphatic carbocycles. The average molecular weight is 444 g/mol. The summed E-state index contributed by atoms with van der Waals surface area (Å²) in [6.45, 7) is 4.92. The van der Waals surface area contributed by atoms with Crippen molar-refractivity contribution in [2.24, 2.45) is 10.7 Å². The minimum atomic E-state index is 0. The van der Waals surface area contributed by atoms with Crippen molar-refractivity contribution in [2.75, 3.05) is 11.9 Å². The highest BCUT2D eigenvalue weighted by Gasteiger charge is 1.99. The van der Waals surface area contributed by atoms with Crippen LogP contribution in [-0.4, -0.2) is 17.5 Å². The second-order valence-corrected chi connectivity index (χ2v) is 6.23. The van der Waals surface area contributed by atoms with Crippen LogP contribution < -0.4 is 11.1 Å². The van der Waals surface area contributed by atoms with E-state index in [4.69, 9.17) is 5.73 Å². The van der Waals surface area contributed by atoms with Crippen LogP contribution in [0.1, 0.15) is 36.0 Å². The summed E-state index contributed by atoms with van der Waals surface area (Å²) >= 11 is 1.74. The van der Waals surface area contributed by atoms with E-state index in [0.717, 1.165) is 43.6 Å². The highest BCUT2D eigenvalue weighted by atomic mass is 127. The number of unbranched alkanes of at least 4 members (excludes halogenated alkanes) is 1. The Kier molecular flexibility index (Phi) is 9.16. The van der Waals surface area contributed by atoms with Gasteiger partial charge in [0, 0.05) is 23.3 Å². The molecule has 1 aromatic carbocycles. The lowest BCUT2D eigenvalue weighted by Crippen LogP contribution is -2.22. The van der Waals surface area contributed by atoms with Crippen LogP contribution in [0.2, 0.25) is 0 Å². The van der Waals surface area contributed by atoms with Crippen LogP contribution in [0.25, 0.3) is 0 Å². The molecule has 0 aliphatic rings. The maximum atomic E-state index is 5.92. The molecule has 4 nitrogen and oxygen atoms in total. The fourth-order valence-corrected chi connectivity index (χ4v) is 2.98. The number of hydrogen-bond acceptors (Lipinski definition) is 3. The summed E-state index contributed by atoms with van der Waals surface area (Å²) in [5.41, 5.74) is 9.32. The summed E-state index contributed by atoms with van der Waals surface area (Å²) in [7, 11) is 0. The SMILES string of the molecule is CCc1cccc(NC(N)=NCCCCc2nc(C)cs2)c1.I. The van der Waals surface area contributed by atoms with Crippen LogP contribution in [-0.2, 0) is 12.8 Å². The molecule has 0 radical (unpaired) electrons. The van der Waals surface area contributed by atoms with Crippen LogP contribution >= 0.6 is 35.3 Å². The Labute approximate surface area is 159 Å². The third-order valence-corrected chi connectivity index (χ3v) is 4.38. The standard InChI is InChI=1S/C17H24N4S.HI/c1-3-14-7-6-8-15(11-14)21-17(18)19-10-5-4-9-16-20-13(2)12-22-16;/h6-8,11-12H,3-5,9-10H2,1-2H3,(H3,18,19,21);1H. The van der Waals surface area contributed by atoms with Gasteiger partial charge in [0.25, 0.3) is 0 Å². The van der Waals surface area contributed by atoms with Crippen LogP contribution in [0.3, 0.4) is 0 Å². The molecule has 126 valence electrons. The van der Waals surface area contributed by atoms with E-state index in [-0.39, 0.29) is 24.0 Å². The van der Waals surface area contributed by atoms with Gasteiger partial charge in [0.15, 0.2) is 5.96 Å². The normalized spacial score (nSPS) is 11.1. The first kappa shape index (κ1) is 19.9. The summed E-state index contributed by atoms with van der Waals surface area (Å²) in [5, 5.41) is 6.46. The molecule has 23 heavy (non-hydrogen) atoms. The van der Waals surface area contributed by atoms with E-state index in [1.165, 1.54) is 10.6 Å². The van der Waals surface area contributed by atoms with E-state index < -0.39 is 0 Å². The molecule has 0 saturated carbocycles. The lowest BCUT2D eigenvalue weighted by Gasteiger charge is -2.07. The summed E-state index contributed by atoms with van der Waals surface area (Å²) < 4.78 is 0. The second kappa shape index (κ2) is 10.6. The van der Waals surface area contributed by atoms with Gasteiger partial charge in [-0.25, -0.2) is 4.98 Å². The Balaban J connectivity index is 0.00000264. The molecule has 2 aromatic rings. The Hall–Kier alpha value is -1.15. The van der Waals surface area contributed by atoms with Crippen molar-refractivity contribution >= 4 is 47.0 Å². The molecule has 0 unspecified atom stereocenters. The zero-order chi connectivity index (χ0) is 15.8. The smallest absolute Gasteiger partial charge is 0.193 e. The first-order valence-electron chi connectivity index (χ1n) is 7.74. The van der Waals surface area contributed by atoms with Crippen molar-refractivity contribution in [1.82, 2.24) is 4.98 Å². The zero-order valence-electron chi connectivity index (χ0n) is 13.7. The maximum absolute atomic E-state index is 5.92. The third-order valence-electron chi connectivity index (χ3n) is 3.36. The van der Waals surface area contributed by atoms with Crippen LogP contribution in [0.15, 0.2) is 34.6 Å². The van der Waals surface area contributed by atoms with Crippen molar-refractivity contribution in [3.05, 3.63) is 45.9 Å². The molecule has 3 N–H and O–H groups in total. The van der Waals surface area contributed by atoms with E-state index in [9.17, 15) is 0 Å². The number of nitrogens with zero attached hydrogens (tertiary/aromatic N) is 2. The Morgan fingerprint density at radius 2 is 2.17 bits per heavy atom. The lowest BCUT2D eigenvalue weighted by atomic mass is 10.1. The lowest BCUT2D eigenvalue weighted by molar-refractivity contribution is 0.741. The quantitative estimate of drug-likeness (QED) is 0.288. The molecule has 1 heterocycles. The number of guanidine groups is 1. The number of anilines is 1. The van der Waals surface area contributed by atoms with E-state index in [0.29, 0.717) is 5.96 Å². The van der Waals surface area contributed by atoms with Gasteiger partial charge in [-0.3, -0.25) is 4.99 Å². The average Bonchev–Trinajstić information content (AvgIpc) is 2.92. The number of aliphatic imine (C=N–C) groups is 1. The van der Waals surface area contributed by atoms with Crippen LogP contribution in [0.5, 0.6) is 0 Å². The van der Waals surface area contributed by atoms with Gasteiger partial charge >= 0.3 is 0 Å². The minimum Gasteiger partial charge on any atom is -0.370 e. The fourth-order valence-electron chi connectivity index (χ4n) is 2.16. The number of nitrogens with one attached hydrogen (secondary N) is 1. The molecule has 0 spiro atoms. The van der Waals surface area contributed by atoms with E-state index in [2.05, 4.69) is 39.7 Å². The van der Waals surface area contributed by atoms with Gasteiger partial charge in [-0.2, -0.15) is 0 Å². The van der Waals surface area contributed by atoms with Crippen molar-refractivity contribution in [3.8, 4) is 0 Å². The molecular formula is C17H25IN4S. The molecule has 0 bridgehead atoms. The number of halogens is 1. The van der Waals surface area contributed by atoms with Crippen molar-refractivity contribution in [3.63, 3.8) is 0 Å². The highest BCUT2D eigenvalue weighted by Crippen LogP contribution is 2.12. The fraction of sp³-hybridized carbons (Fsp3) is 0.412. The number of rotatable bonds is 7. The number of aromatic nitrogens is 1. The summed E-state index contributed by atoms with van der Waals surface area (Å²) in [6.07, 6.45) is 4.16. The Morgan fingerprint density at radius 3 is 2.87 bits per heavy atom. The Morgan fingerprint density at radius 1 is 1.35 bits per heavy atom. The first-order chi connectivity index (χ1) is 10.7. The molecule has 6 heteroatoms. The molecule has 0 saturated heterocycles. The van der Waals surface area contributed by atoms with E-state index in [1.54, 1.807) is 11.3 Å². The number of aryl methyl sites for hydroxylation is 3. The van der Waals surface area contributed by atoms with E-state index >= 15 is 0 Å². The number of thiazole rings is 1. The van der Waals surface area contributed by atoms with E-state index in [1.807, 2.05) is 19.1 Å². The summed E-state index contributed by atoms with van der Waals surface area (Å²) in [6, 6.07) is 8.25. The van der Waals surface area contributed by atoms with Gasteiger partial charge in [0.2, 0.25) is 0 Å². The topological polar surface area (TPSA) is 63.3 Å². The molecular weight excluding hydrogens is 419 g/mol. The predicted octanol–water partition coefficient (Wildman–Crippen LogP) is 4.38. The first-order valence-corrected chi connectivity index (χ1v) is 8.62. The largest absolute Gasteiger partial charge is 0.370 e. The Bertz CT molecular complexity index is 625. The minimum absolute atomic E-state index is 0. The monoisotopic (exact) mass is 444 g/mol. The molecule has 0 aliphatic heterocycles. The van der Waals surface area contributed by atoms with Gasteiger partial charge < -0.3 is 11.1 Å². The van der Waals surface area contributed by atoms with Crippen LogP contribution in [0, 0.1) is 6.92 Å². The van der Waals surface area contributed by atoms with Gasteiger partial charge in [-0.05, 0) is 50.3 Å². The number of hydrogen-bond donors (Lipinski definition) is 2. The highest BCUT2D eigenvalue weighted by molar-refractivity contribution is 14.0. The van der Waals surface area contributed by atoms with Crippen molar-refractivity contribution in [1.29, 1.82) is 0 Å². The second-order valence-electron chi connectivity index (χ2n) is 5.29. The summed E-state index contributed by atoms with van der Waals surface area (Å²) in [5.74, 6) is 0.485. The van der Waals surface area contributed by atoms with Crippen molar-refractivity contribution in [2.45, 2.75) is 39.5 Å². The zero-order valence-corrected chi connectivity index (χ0v) is 16.9. The van der Waals surface area contributed by atoms with Gasteiger partial charge in [-0.1, -0.05) is 19.1 Å². The van der Waals surface area contributed by atoms with Gasteiger partial charge in [-0.15, -0.1) is 35.3 Å². The predicted molar refractivity (Wildman–Crippen MR) is 111 cm³/mol. The summed E-state index contributed by atoms with van der Waals surface area (Å²) in [4.78, 5) is 8.84. The molecule has 0 amide bonds. The maximum Gasteiger partial charge on any atom is 0.193 e. The molecule has 0 atom stereocenters. The van der Waals surface area contributed by atoms with Crippen LogP contribution in [0.4, 0.5) is 5.69 Å². The molecule has 1 aromatic heterocycles. The van der Waals surface area contributed by atoms with Gasteiger partial charge in [0.1, 0.15) is 0 Å². The number of nitrogens with two attached hydrogens (primary N) is 1. The molecule has 2 rings (SSSR count).